The van der Waals surface area contributed by atoms with Gasteiger partial charge >= 0.3 is 0 Å². The van der Waals surface area contributed by atoms with E-state index in [2.05, 4.69) is 29.2 Å². The zero-order valence-corrected chi connectivity index (χ0v) is 10.7. The van der Waals surface area contributed by atoms with Crippen molar-refractivity contribution in [2.24, 2.45) is 5.73 Å². The molecule has 1 aliphatic heterocycles. The van der Waals surface area contributed by atoms with Crippen LogP contribution < -0.4 is 5.73 Å². The van der Waals surface area contributed by atoms with Gasteiger partial charge in [-0.15, -0.1) is 0 Å². The van der Waals surface area contributed by atoms with Crippen molar-refractivity contribution in [1.82, 2.24) is 9.88 Å². The zero-order valence-electron chi connectivity index (χ0n) is 10.7. The number of nitrogens with zero attached hydrogens (tertiary/aromatic N) is 2. The second kappa shape index (κ2) is 4.97. The van der Waals surface area contributed by atoms with E-state index in [0.717, 1.165) is 23.9 Å². The van der Waals surface area contributed by atoms with Gasteiger partial charge in [0.05, 0.1) is 5.52 Å². The molecular formula is C15H17N3O. The Kier molecular flexibility index (Phi) is 3.17. The molecule has 1 aromatic carbocycles. The summed E-state index contributed by atoms with van der Waals surface area (Å²) >= 11 is 0. The zero-order chi connectivity index (χ0) is 13.2. The van der Waals surface area contributed by atoms with Crippen molar-refractivity contribution in [3.05, 3.63) is 42.1 Å². The van der Waals surface area contributed by atoms with Crippen molar-refractivity contribution < 1.29 is 4.79 Å². The maximum absolute atomic E-state index is 11.7. The Balaban J connectivity index is 1.70. The molecule has 1 saturated heterocycles. The Morgan fingerprint density at radius 2 is 2.26 bits per heavy atom. The van der Waals surface area contributed by atoms with Crippen LogP contribution in [0.25, 0.3) is 10.9 Å². The van der Waals surface area contributed by atoms with Crippen LogP contribution in [0.1, 0.15) is 12.0 Å². The van der Waals surface area contributed by atoms with Crippen molar-refractivity contribution in [1.29, 1.82) is 0 Å². The summed E-state index contributed by atoms with van der Waals surface area (Å²) in [5.41, 5.74) is 8.00. The standard InChI is InChI=1S/C15H17N3O/c16-13-9-15(19)18(10-13)7-5-11-3-4-12-2-1-6-17-14(12)8-11/h1-4,6,8,13H,5,7,9-10,16H2. The molecule has 19 heavy (non-hydrogen) atoms. The fourth-order valence-corrected chi connectivity index (χ4v) is 2.55. The van der Waals surface area contributed by atoms with Crippen LogP contribution in [0.2, 0.25) is 0 Å². The molecule has 0 saturated carbocycles. The van der Waals surface area contributed by atoms with Gasteiger partial charge in [-0.2, -0.15) is 0 Å². The SMILES string of the molecule is NC1CC(=O)N(CCc2ccc3cccnc3c2)C1. The number of carbonyl (C=O) groups is 1. The number of pyridine rings is 1. The molecule has 0 aliphatic carbocycles. The van der Waals surface area contributed by atoms with Crippen LogP contribution in [0.3, 0.4) is 0 Å². The molecule has 2 heterocycles. The van der Waals surface area contributed by atoms with Crippen LogP contribution in [0.5, 0.6) is 0 Å². The molecule has 1 aromatic heterocycles. The first-order valence-corrected chi connectivity index (χ1v) is 6.59. The highest BCUT2D eigenvalue weighted by atomic mass is 16.2. The first-order valence-electron chi connectivity index (χ1n) is 6.59. The van der Waals surface area contributed by atoms with E-state index >= 15 is 0 Å². The first-order chi connectivity index (χ1) is 9.22. The van der Waals surface area contributed by atoms with Crippen LogP contribution in [-0.4, -0.2) is 34.9 Å². The number of rotatable bonds is 3. The largest absolute Gasteiger partial charge is 0.341 e. The lowest BCUT2D eigenvalue weighted by Gasteiger charge is -2.15. The molecule has 1 unspecified atom stereocenters. The van der Waals surface area contributed by atoms with E-state index in [1.54, 1.807) is 6.20 Å². The van der Waals surface area contributed by atoms with Crippen molar-refractivity contribution >= 4 is 16.8 Å². The summed E-state index contributed by atoms with van der Waals surface area (Å²) in [6.07, 6.45) is 3.14. The van der Waals surface area contributed by atoms with E-state index in [1.807, 2.05) is 11.0 Å². The van der Waals surface area contributed by atoms with E-state index in [0.29, 0.717) is 13.0 Å². The van der Waals surface area contributed by atoms with E-state index in [-0.39, 0.29) is 11.9 Å². The molecule has 0 bridgehead atoms. The summed E-state index contributed by atoms with van der Waals surface area (Å²) in [7, 11) is 0. The molecule has 2 aromatic rings. The lowest BCUT2D eigenvalue weighted by molar-refractivity contribution is -0.127. The molecule has 1 amide bonds. The van der Waals surface area contributed by atoms with Gasteiger partial charge in [0.25, 0.3) is 0 Å². The lowest BCUT2D eigenvalue weighted by atomic mass is 10.1. The number of aromatic nitrogens is 1. The first kappa shape index (κ1) is 12.1. The summed E-state index contributed by atoms with van der Waals surface area (Å²) in [5, 5.41) is 1.14. The Bertz CT molecular complexity index is 611. The number of carbonyl (C=O) groups excluding carboxylic acids is 1. The summed E-state index contributed by atoms with van der Waals surface area (Å²) in [5.74, 6) is 0.173. The van der Waals surface area contributed by atoms with Crippen LogP contribution in [-0.2, 0) is 11.2 Å². The monoisotopic (exact) mass is 255 g/mol. The van der Waals surface area contributed by atoms with E-state index < -0.39 is 0 Å². The van der Waals surface area contributed by atoms with E-state index in [4.69, 9.17) is 5.73 Å². The number of likely N-dealkylation sites (tertiary alicyclic amines) is 1. The number of hydrogen-bond acceptors (Lipinski definition) is 3. The molecule has 1 aliphatic rings. The number of nitrogens with two attached hydrogens (primary N) is 1. The summed E-state index contributed by atoms with van der Waals surface area (Å²) < 4.78 is 0. The molecule has 1 atom stereocenters. The van der Waals surface area contributed by atoms with Crippen LogP contribution in [0.4, 0.5) is 0 Å². The molecule has 3 rings (SSSR count). The van der Waals surface area contributed by atoms with Crippen molar-refractivity contribution in [3.8, 4) is 0 Å². The predicted molar refractivity (Wildman–Crippen MR) is 74.6 cm³/mol. The topological polar surface area (TPSA) is 59.2 Å². The Morgan fingerprint density at radius 3 is 3.05 bits per heavy atom. The van der Waals surface area contributed by atoms with E-state index in [9.17, 15) is 4.79 Å². The predicted octanol–water partition coefficient (Wildman–Crippen LogP) is 1.34. The molecule has 2 N–H and O–H groups in total. The second-order valence-electron chi connectivity index (χ2n) is 5.08. The third-order valence-corrected chi connectivity index (χ3v) is 3.59. The average molecular weight is 255 g/mol. The van der Waals surface area contributed by atoms with Crippen molar-refractivity contribution in [2.75, 3.05) is 13.1 Å². The maximum atomic E-state index is 11.7. The minimum atomic E-state index is 0.00534. The fourth-order valence-electron chi connectivity index (χ4n) is 2.55. The van der Waals surface area contributed by atoms with Crippen molar-refractivity contribution in [2.45, 2.75) is 18.9 Å². The van der Waals surface area contributed by atoms with E-state index in [1.165, 1.54) is 5.56 Å². The highest BCUT2D eigenvalue weighted by molar-refractivity contribution is 5.80. The van der Waals surface area contributed by atoms with Gasteiger partial charge in [-0.25, -0.2) is 0 Å². The summed E-state index contributed by atoms with van der Waals surface area (Å²) in [4.78, 5) is 17.9. The smallest absolute Gasteiger partial charge is 0.224 e. The highest BCUT2D eigenvalue weighted by Gasteiger charge is 2.26. The van der Waals surface area contributed by atoms with Gasteiger partial charge in [-0.05, 0) is 24.1 Å². The molecule has 98 valence electrons. The van der Waals surface area contributed by atoms with Gasteiger partial charge < -0.3 is 10.6 Å². The van der Waals surface area contributed by atoms with Gasteiger partial charge in [0.15, 0.2) is 0 Å². The van der Waals surface area contributed by atoms with Crippen LogP contribution >= 0.6 is 0 Å². The fraction of sp³-hybridized carbons (Fsp3) is 0.333. The molecule has 4 nitrogen and oxygen atoms in total. The number of benzene rings is 1. The summed E-state index contributed by atoms with van der Waals surface area (Å²) in [6, 6.07) is 10.3. The third kappa shape index (κ3) is 2.58. The number of fused-ring (bicyclic) bond motifs is 1. The minimum absolute atomic E-state index is 0.00534. The number of hydrogen-bond donors (Lipinski definition) is 1. The average Bonchev–Trinajstić information content (AvgIpc) is 2.74. The highest BCUT2D eigenvalue weighted by Crippen LogP contribution is 2.15. The molecule has 1 fully saturated rings. The Hall–Kier alpha value is -1.94. The van der Waals surface area contributed by atoms with Crippen LogP contribution in [0.15, 0.2) is 36.5 Å². The van der Waals surface area contributed by atoms with Crippen LogP contribution in [0, 0.1) is 0 Å². The van der Waals surface area contributed by atoms with Gasteiger partial charge in [-0.1, -0.05) is 18.2 Å². The molecule has 0 spiro atoms. The summed E-state index contributed by atoms with van der Waals surface area (Å²) in [6.45, 7) is 1.43. The van der Waals surface area contributed by atoms with Gasteiger partial charge in [0.2, 0.25) is 5.91 Å². The molecule has 0 radical (unpaired) electrons. The minimum Gasteiger partial charge on any atom is -0.341 e. The Labute approximate surface area is 112 Å². The number of amides is 1. The van der Waals surface area contributed by atoms with Gasteiger partial charge in [-0.3, -0.25) is 9.78 Å². The maximum Gasteiger partial charge on any atom is 0.224 e. The van der Waals surface area contributed by atoms with Gasteiger partial charge in [0.1, 0.15) is 0 Å². The second-order valence-corrected chi connectivity index (χ2v) is 5.08. The quantitative estimate of drug-likeness (QED) is 0.900. The lowest BCUT2D eigenvalue weighted by Crippen LogP contribution is -2.30. The molecule has 4 heteroatoms. The Morgan fingerprint density at radius 1 is 1.37 bits per heavy atom. The normalized spacial score (nSPS) is 19.3. The molecular weight excluding hydrogens is 238 g/mol. The van der Waals surface area contributed by atoms with Gasteiger partial charge in [0, 0.05) is 37.1 Å². The third-order valence-electron chi connectivity index (χ3n) is 3.59. The van der Waals surface area contributed by atoms with Crippen molar-refractivity contribution in [3.63, 3.8) is 0 Å².